The number of fused-ring (bicyclic) bond motifs is 1. The SMILES string of the molecule is CCN(CC)CCCNC(=O)C1CCN(c2ncnc3ccc(Br)cc23)CC1. The number of aromatic nitrogens is 2. The zero-order valence-corrected chi connectivity index (χ0v) is 18.4. The van der Waals surface area contributed by atoms with Crippen LogP contribution in [0.3, 0.4) is 0 Å². The third kappa shape index (κ3) is 5.20. The molecule has 0 atom stereocenters. The molecular formula is C21H30BrN5O. The molecule has 152 valence electrons. The average Bonchev–Trinajstić information content (AvgIpc) is 2.73. The number of hydrogen-bond acceptors (Lipinski definition) is 5. The van der Waals surface area contributed by atoms with Crippen LogP contribution in [-0.4, -0.2) is 60.0 Å². The number of anilines is 1. The maximum atomic E-state index is 12.5. The third-order valence-electron chi connectivity index (χ3n) is 5.59. The van der Waals surface area contributed by atoms with E-state index in [1.807, 2.05) is 12.1 Å². The zero-order chi connectivity index (χ0) is 19.9. The summed E-state index contributed by atoms with van der Waals surface area (Å²) < 4.78 is 1.02. The predicted octanol–water partition coefficient (Wildman–Crippen LogP) is 3.46. The molecule has 1 amide bonds. The van der Waals surface area contributed by atoms with Crippen molar-refractivity contribution in [3.8, 4) is 0 Å². The molecule has 1 aromatic carbocycles. The minimum Gasteiger partial charge on any atom is -0.356 e. The second kappa shape index (κ2) is 10.2. The van der Waals surface area contributed by atoms with Crippen molar-refractivity contribution in [3.63, 3.8) is 0 Å². The van der Waals surface area contributed by atoms with E-state index in [2.05, 4.69) is 60.9 Å². The molecule has 2 aromatic rings. The van der Waals surface area contributed by atoms with Gasteiger partial charge in [-0.15, -0.1) is 0 Å². The molecule has 0 aliphatic carbocycles. The quantitative estimate of drug-likeness (QED) is 0.627. The summed E-state index contributed by atoms with van der Waals surface area (Å²) in [4.78, 5) is 26.1. The molecule has 28 heavy (non-hydrogen) atoms. The molecular weight excluding hydrogens is 418 g/mol. The summed E-state index contributed by atoms with van der Waals surface area (Å²) in [6.07, 6.45) is 4.36. The Morgan fingerprint density at radius 2 is 2.00 bits per heavy atom. The van der Waals surface area contributed by atoms with Crippen molar-refractivity contribution in [1.82, 2.24) is 20.2 Å². The van der Waals surface area contributed by atoms with E-state index >= 15 is 0 Å². The number of rotatable bonds is 8. The van der Waals surface area contributed by atoms with Crippen molar-refractivity contribution >= 4 is 38.6 Å². The Hall–Kier alpha value is -1.73. The highest BCUT2D eigenvalue weighted by molar-refractivity contribution is 9.10. The van der Waals surface area contributed by atoms with Gasteiger partial charge in [0.05, 0.1) is 5.52 Å². The van der Waals surface area contributed by atoms with Gasteiger partial charge in [-0.2, -0.15) is 0 Å². The van der Waals surface area contributed by atoms with Crippen LogP contribution < -0.4 is 10.2 Å². The van der Waals surface area contributed by atoms with Gasteiger partial charge in [-0.25, -0.2) is 9.97 Å². The van der Waals surface area contributed by atoms with Gasteiger partial charge in [-0.3, -0.25) is 4.79 Å². The highest BCUT2D eigenvalue weighted by Gasteiger charge is 2.26. The number of hydrogen-bond donors (Lipinski definition) is 1. The van der Waals surface area contributed by atoms with E-state index in [-0.39, 0.29) is 11.8 Å². The molecule has 1 aromatic heterocycles. The highest BCUT2D eigenvalue weighted by atomic mass is 79.9. The third-order valence-corrected chi connectivity index (χ3v) is 6.08. The Balaban J connectivity index is 1.51. The van der Waals surface area contributed by atoms with Crippen LogP contribution in [0.1, 0.15) is 33.1 Å². The molecule has 2 heterocycles. The first kappa shape index (κ1) is 21.0. The van der Waals surface area contributed by atoms with Crippen molar-refractivity contribution in [2.45, 2.75) is 33.1 Å². The molecule has 3 rings (SSSR count). The molecule has 0 saturated carbocycles. The maximum absolute atomic E-state index is 12.5. The van der Waals surface area contributed by atoms with Gasteiger partial charge < -0.3 is 15.1 Å². The molecule has 0 spiro atoms. The summed E-state index contributed by atoms with van der Waals surface area (Å²) in [5.74, 6) is 1.27. The summed E-state index contributed by atoms with van der Waals surface area (Å²) in [6, 6.07) is 6.07. The second-order valence-electron chi connectivity index (χ2n) is 7.29. The van der Waals surface area contributed by atoms with E-state index in [4.69, 9.17) is 0 Å². The van der Waals surface area contributed by atoms with Crippen molar-refractivity contribution in [3.05, 3.63) is 29.0 Å². The van der Waals surface area contributed by atoms with Crippen molar-refractivity contribution in [2.24, 2.45) is 5.92 Å². The van der Waals surface area contributed by atoms with E-state index in [0.29, 0.717) is 0 Å². The van der Waals surface area contributed by atoms with Crippen molar-refractivity contribution < 1.29 is 4.79 Å². The maximum Gasteiger partial charge on any atom is 0.223 e. The largest absolute Gasteiger partial charge is 0.356 e. The van der Waals surface area contributed by atoms with Crippen LogP contribution in [0.5, 0.6) is 0 Å². The normalized spacial score (nSPS) is 15.4. The lowest BCUT2D eigenvalue weighted by Crippen LogP contribution is -2.41. The van der Waals surface area contributed by atoms with Gasteiger partial charge in [0, 0.05) is 35.4 Å². The number of nitrogens with one attached hydrogen (secondary N) is 1. The molecule has 0 bridgehead atoms. The van der Waals surface area contributed by atoms with Crippen molar-refractivity contribution in [2.75, 3.05) is 44.2 Å². The first-order chi connectivity index (χ1) is 13.6. The van der Waals surface area contributed by atoms with Gasteiger partial charge in [-0.05, 0) is 57.1 Å². The number of nitrogens with zero attached hydrogens (tertiary/aromatic N) is 4. The summed E-state index contributed by atoms with van der Waals surface area (Å²) in [5, 5.41) is 4.18. The Morgan fingerprint density at radius 3 is 2.71 bits per heavy atom. The van der Waals surface area contributed by atoms with Crippen molar-refractivity contribution in [1.29, 1.82) is 0 Å². The first-order valence-corrected chi connectivity index (χ1v) is 11.1. The Morgan fingerprint density at radius 1 is 1.25 bits per heavy atom. The fourth-order valence-corrected chi connectivity index (χ4v) is 4.18. The smallest absolute Gasteiger partial charge is 0.223 e. The van der Waals surface area contributed by atoms with E-state index in [1.54, 1.807) is 6.33 Å². The number of amides is 1. The molecule has 1 N–H and O–H groups in total. The fourth-order valence-electron chi connectivity index (χ4n) is 3.82. The summed E-state index contributed by atoms with van der Waals surface area (Å²) >= 11 is 3.54. The number of carbonyl (C=O) groups excluding carboxylic acids is 1. The van der Waals surface area contributed by atoms with Gasteiger partial charge in [-0.1, -0.05) is 29.8 Å². The monoisotopic (exact) mass is 447 g/mol. The number of halogens is 1. The van der Waals surface area contributed by atoms with Crippen LogP contribution >= 0.6 is 15.9 Å². The topological polar surface area (TPSA) is 61.4 Å². The summed E-state index contributed by atoms with van der Waals surface area (Å²) in [7, 11) is 0. The number of carbonyl (C=O) groups is 1. The standard InChI is InChI=1S/C21H30BrN5O/c1-3-26(4-2)11-5-10-23-21(28)16-8-12-27(13-9-16)20-18-14-17(22)6-7-19(18)24-15-25-20/h6-7,14-16H,3-5,8-13H2,1-2H3,(H,23,28). The molecule has 6 nitrogen and oxygen atoms in total. The minimum absolute atomic E-state index is 0.101. The lowest BCUT2D eigenvalue weighted by atomic mass is 9.95. The molecule has 1 fully saturated rings. The summed E-state index contributed by atoms with van der Waals surface area (Å²) in [6.45, 7) is 9.98. The molecule has 0 unspecified atom stereocenters. The Labute approximate surface area is 175 Å². The van der Waals surface area contributed by atoms with Gasteiger partial charge in [0.2, 0.25) is 5.91 Å². The van der Waals surface area contributed by atoms with Crippen LogP contribution in [0.2, 0.25) is 0 Å². The lowest BCUT2D eigenvalue weighted by molar-refractivity contribution is -0.125. The Bertz CT molecular complexity index is 787. The molecule has 1 saturated heterocycles. The minimum atomic E-state index is 0.101. The van der Waals surface area contributed by atoms with Gasteiger partial charge in [0.1, 0.15) is 12.1 Å². The van der Waals surface area contributed by atoms with Gasteiger partial charge in [0.25, 0.3) is 0 Å². The lowest BCUT2D eigenvalue weighted by Gasteiger charge is -2.32. The second-order valence-corrected chi connectivity index (χ2v) is 8.21. The average molecular weight is 448 g/mol. The van der Waals surface area contributed by atoms with Crippen LogP contribution in [0.15, 0.2) is 29.0 Å². The zero-order valence-electron chi connectivity index (χ0n) is 16.8. The van der Waals surface area contributed by atoms with E-state index in [9.17, 15) is 4.79 Å². The molecule has 0 radical (unpaired) electrons. The van der Waals surface area contributed by atoms with Crippen LogP contribution in [-0.2, 0) is 4.79 Å². The van der Waals surface area contributed by atoms with Crippen LogP contribution in [0.25, 0.3) is 10.9 Å². The highest BCUT2D eigenvalue weighted by Crippen LogP contribution is 2.29. The molecule has 1 aliphatic rings. The first-order valence-electron chi connectivity index (χ1n) is 10.3. The van der Waals surface area contributed by atoms with E-state index < -0.39 is 0 Å². The van der Waals surface area contributed by atoms with Crippen LogP contribution in [0.4, 0.5) is 5.82 Å². The molecule has 7 heteroatoms. The van der Waals surface area contributed by atoms with E-state index in [1.165, 1.54) is 0 Å². The predicted molar refractivity (Wildman–Crippen MR) is 118 cm³/mol. The van der Waals surface area contributed by atoms with Gasteiger partial charge in [0.15, 0.2) is 0 Å². The molecule has 1 aliphatic heterocycles. The fraction of sp³-hybridized carbons (Fsp3) is 0.571. The van der Waals surface area contributed by atoms with E-state index in [0.717, 1.165) is 79.7 Å². The number of piperidine rings is 1. The number of benzene rings is 1. The summed E-state index contributed by atoms with van der Waals surface area (Å²) in [5.41, 5.74) is 0.946. The van der Waals surface area contributed by atoms with Crippen LogP contribution in [0, 0.1) is 5.92 Å². The Kier molecular flexibility index (Phi) is 7.62. The van der Waals surface area contributed by atoms with Gasteiger partial charge >= 0.3 is 0 Å².